The number of anilines is 1. The van der Waals surface area contributed by atoms with Crippen LogP contribution in [0, 0.1) is 6.92 Å². The molecular formula is C24H31NO2. The number of aryl methyl sites for hydroxylation is 1. The van der Waals surface area contributed by atoms with Gasteiger partial charge in [0.15, 0.2) is 0 Å². The number of hydrogen-bond donors (Lipinski definition) is 1. The number of carbonyl (C=O) groups is 1. The number of nitrogens with one attached hydrogen (secondary N) is 1. The summed E-state index contributed by atoms with van der Waals surface area (Å²) in [7, 11) is 1.89. The van der Waals surface area contributed by atoms with E-state index in [0.717, 1.165) is 41.9 Å². The number of ether oxygens (including phenoxy) is 1. The lowest BCUT2D eigenvalue weighted by atomic mass is 10.1. The standard InChI is InChI=1S/C14H15NO.C8H10O.C2H6/c1-11-6-8-13(9-7-11)16-14-5-3-4-12(10-14)15-2;9-7-6-8-4-2-1-3-5-8;1-2/h3-10,15H,1-2H3;2,4-5,7H,1,3,6H2;1-2H3. The molecule has 1 aliphatic carbocycles. The Balaban J connectivity index is 0.000000282. The summed E-state index contributed by atoms with van der Waals surface area (Å²) in [5.74, 6) is 1.70. The summed E-state index contributed by atoms with van der Waals surface area (Å²) < 4.78 is 5.74. The molecule has 27 heavy (non-hydrogen) atoms. The molecule has 0 heterocycles. The molecule has 0 aromatic heterocycles. The van der Waals surface area contributed by atoms with Crippen LogP contribution in [0.1, 0.15) is 38.7 Å². The Morgan fingerprint density at radius 3 is 2.37 bits per heavy atom. The molecule has 1 aliphatic rings. The van der Waals surface area contributed by atoms with Crippen molar-refractivity contribution in [3.63, 3.8) is 0 Å². The average Bonchev–Trinajstić information content (AvgIpc) is 2.73. The third-order valence-electron chi connectivity index (χ3n) is 3.77. The van der Waals surface area contributed by atoms with Crippen LogP contribution in [0.25, 0.3) is 0 Å². The molecule has 0 aliphatic heterocycles. The largest absolute Gasteiger partial charge is 0.457 e. The fourth-order valence-electron chi connectivity index (χ4n) is 2.37. The van der Waals surface area contributed by atoms with Gasteiger partial charge in [0.2, 0.25) is 0 Å². The Hall–Kier alpha value is -2.81. The predicted molar refractivity (Wildman–Crippen MR) is 116 cm³/mol. The highest BCUT2D eigenvalue weighted by Gasteiger charge is 1.97. The number of aldehydes is 1. The second-order valence-electron chi connectivity index (χ2n) is 5.82. The number of allylic oxidation sites excluding steroid dienone is 4. The minimum atomic E-state index is 0.580. The lowest BCUT2D eigenvalue weighted by Crippen LogP contribution is -1.89. The van der Waals surface area contributed by atoms with Gasteiger partial charge in [0.1, 0.15) is 17.8 Å². The third kappa shape index (κ3) is 8.91. The van der Waals surface area contributed by atoms with Gasteiger partial charge < -0.3 is 14.8 Å². The molecule has 0 radical (unpaired) electrons. The Morgan fingerprint density at radius 2 is 1.78 bits per heavy atom. The maximum Gasteiger partial charge on any atom is 0.129 e. The van der Waals surface area contributed by atoms with E-state index in [9.17, 15) is 4.79 Å². The van der Waals surface area contributed by atoms with Crippen molar-refractivity contribution in [1.82, 2.24) is 0 Å². The van der Waals surface area contributed by atoms with Crippen molar-refractivity contribution in [1.29, 1.82) is 0 Å². The quantitative estimate of drug-likeness (QED) is 0.599. The second-order valence-corrected chi connectivity index (χ2v) is 5.82. The first-order chi connectivity index (χ1) is 13.2. The minimum absolute atomic E-state index is 0.580. The van der Waals surface area contributed by atoms with Gasteiger partial charge in [-0.1, -0.05) is 55.8 Å². The Labute approximate surface area is 163 Å². The molecule has 0 amide bonds. The van der Waals surface area contributed by atoms with E-state index in [2.05, 4.69) is 24.4 Å². The van der Waals surface area contributed by atoms with Gasteiger partial charge >= 0.3 is 0 Å². The van der Waals surface area contributed by atoms with E-state index < -0.39 is 0 Å². The predicted octanol–water partition coefficient (Wildman–Crippen LogP) is 6.71. The van der Waals surface area contributed by atoms with Crippen LogP contribution in [0.5, 0.6) is 11.5 Å². The number of rotatable bonds is 5. The van der Waals surface area contributed by atoms with Gasteiger partial charge in [-0.3, -0.25) is 0 Å². The molecule has 2 aromatic rings. The number of carbonyl (C=O) groups excluding carboxylic acids is 1. The summed E-state index contributed by atoms with van der Waals surface area (Å²) >= 11 is 0. The van der Waals surface area contributed by atoms with Crippen LogP contribution in [-0.4, -0.2) is 13.3 Å². The lowest BCUT2D eigenvalue weighted by Gasteiger charge is -2.07. The topological polar surface area (TPSA) is 38.3 Å². The molecule has 3 rings (SSSR count). The van der Waals surface area contributed by atoms with Crippen molar-refractivity contribution in [3.05, 3.63) is 77.9 Å². The highest BCUT2D eigenvalue weighted by Crippen LogP contribution is 2.24. The molecule has 0 unspecified atom stereocenters. The van der Waals surface area contributed by atoms with Crippen LogP contribution in [0.3, 0.4) is 0 Å². The average molecular weight is 366 g/mol. The SMILES string of the molecule is CC.CNc1cccc(Oc2ccc(C)cc2)c1.O=CCC1=CCCC=C1. The van der Waals surface area contributed by atoms with Crippen molar-refractivity contribution in [3.8, 4) is 11.5 Å². The molecule has 0 spiro atoms. The zero-order valence-electron chi connectivity index (χ0n) is 16.9. The first-order valence-electron chi connectivity index (χ1n) is 9.53. The van der Waals surface area contributed by atoms with Crippen LogP contribution in [0.15, 0.2) is 72.3 Å². The van der Waals surface area contributed by atoms with E-state index in [1.807, 2.05) is 75.5 Å². The Morgan fingerprint density at radius 1 is 1.04 bits per heavy atom. The number of hydrogen-bond acceptors (Lipinski definition) is 3. The molecule has 144 valence electrons. The molecule has 3 nitrogen and oxygen atoms in total. The van der Waals surface area contributed by atoms with Crippen LogP contribution in [0.2, 0.25) is 0 Å². The molecular weight excluding hydrogens is 334 g/mol. The first kappa shape index (κ1) is 22.2. The summed E-state index contributed by atoms with van der Waals surface area (Å²) in [5.41, 5.74) is 3.44. The molecule has 1 N–H and O–H groups in total. The zero-order chi connectivity index (χ0) is 19.9. The molecule has 2 aromatic carbocycles. The lowest BCUT2D eigenvalue weighted by molar-refractivity contribution is -0.107. The molecule has 0 atom stereocenters. The molecule has 0 bridgehead atoms. The summed E-state index contributed by atoms with van der Waals surface area (Å²) in [6.45, 7) is 6.06. The highest BCUT2D eigenvalue weighted by atomic mass is 16.5. The van der Waals surface area contributed by atoms with Crippen LogP contribution in [-0.2, 0) is 4.79 Å². The second kappa shape index (κ2) is 13.4. The summed E-state index contributed by atoms with van der Waals surface area (Å²) in [4.78, 5) is 10.00. The minimum Gasteiger partial charge on any atom is -0.457 e. The van der Waals surface area contributed by atoms with Crippen LogP contribution >= 0.6 is 0 Å². The van der Waals surface area contributed by atoms with Gasteiger partial charge in [-0.05, 0) is 49.6 Å². The van der Waals surface area contributed by atoms with E-state index in [0.29, 0.717) is 6.42 Å². The molecule has 0 saturated heterocycles. The summed E-state index contributed by atoms with van der Waals surface area (Å²) in [6, 6.07) is 15.9. The number of benzene rings is 2. The molecule has 0 fully saturated rings. The normalized spacial score (nSPS) is 11.8. The van der Waals surface area contributed by atoms with Crippen LogP contribution in [0.4, 0.5) is 5.69 Å². The van der Waals surface area contributed by atoms with Gasteiger partial charge in [-0.2, -0.15) is 0 Å². The van der Waals surface area contributed by atoms with E-state index in [1.165, 1.54) is 5.56 Å². The van der Waals surface area contributed by atoms with Gasteiger partial charge in [0.25, 0.3) is 0 Å². The highest BCUT2D eigenvalue weighted by molar-refractivity contribution is 5.56. The van der Waals surface area contributed by atoms with Gasteiger partial charge in [-0.25, -0.2) is 0 Å². The van der Waals surface area contributed by atoms with Gasteiger partial charge in [-0.15, -0.1) is 0 Å². The molecule has 3 heteroatoms. The maximum absolute atomic E-state index is 10.00. The summed E-state index contributed by atoms with van der Waals surface area (Å²) in [5, 5.41) is 3.08. The van der Waals surface area contributed by atoms with E-state index >= 15 is 0 Å². The van der Waals surface area contributed by atoms with Gasteiger partial charge in [0, 0.05) is 25.2 Å². The van der Waals surface area contributed by atoms with Crippen molar-refractivity contribution < 1.29 is 9.53 Å². The first-order valence-corrected chi connectivity index (χ1v) is 9.53. The van der Waals surface area contributed by atoms with E-state index in [1.54, 1.807) is 0 Å². The zero-order valence-corrected chi connectivity index (χ0v) is 16.9. The molecule has 0 saturated carbocycles. The third-order valence-corrected chi connectivity index (χ3v) is 3.77. The monoisotopic (exact) mass is 365 g/mol. The van der Waals surface area contributed by atoms with Crippen LogP contribution < -0.4 is 10.1 Å². The summed E-state index contributed by atoms with van der Waals surface area (Å²) in [6.07, 6.45) is 10.0. The van der Waals surface area contributed by atoms with E-state index in [-0.39, 0.29) is 0 Å². The van der Waals surface area contributed by atoms with Crippen molar-refractivity contribution in [2.75, 3.05) is 12.4 Å². The van der Waals surface area contributed by atoms with E-state index in [4.69, 9.17) is 4.74 Å². The van der Waals surface area contributed by atoms with Crippen molar-refractivity contribution in [2.24, 2.45) is 0 Å². The smallest absolute Gasteiger partial charge is 0.129 e. The Bertz CT molecular complexity index is 730. The Kier molecular flexibility index (Phi) is 11.0. The maximum atomic E-state index is 10.00. The fraction of sp³-hybridized carbons (Fsp3) is 0.292. The van der Waals surface area contributed by atoms with Crippen molar-refractivity contribution >= 4 is 12.0 Å². The van der Waals surface area contributed by atoms with Crippen molar-refractivity contribution in [2.45, 2.75) is 40.0 Å². The van der Waals surface area contributed by atoms with Gasteiger partial charge in [0.05, 0.1) is 0 Å². The fourth-order valence-corrected chi connectivity index (χ4v) is 2.37.